The molecule has 2 N–H and O–H groups in total. The standard InChI is InChI=1S/C17H30ClN4O5P/c1-4-5-6-7-8-21(3)28(18,25)26-12-14-9-19-10-15(27-14)22-11-13(2)16(23)20-17(22)24/h11,14-15,19H,4-10,12H2,1-3H3,(H,20,23,24)/t14-,15+,28?/m0/s1. The largest absolute Gasteiger partial charge is 0.362 e. The molecule has 1 aliphatic rings. The zero-order valence-corrected chi connectivity index (χ0v) is 18.3. The summed E-state index contributed by atoms with van der Waals surface area (Å²) in [6, 6.07) is 0. The summed E-state index contributed by atoms with van der Waals surface area (Å²) in [4.78, 5) is 25.8. The van der Waals surface area contributed by atoms with Gasteiger partial charge in [0, 0.05) is 31.4 Å². The van der Waals surface area contributed by atoms with Crippen LogP contribution in [-0.4, -0.2) is 53.6 Å². The van der Waals surface area contributed by atoms with Crippen molar-refractivity contribution in [2.24, 2.45) is 0 Å². The van der Waals surface area contributed by atoms with Gasteiger partial charge in [0.25, 0.3) is 5.56 Å². The highest BCUT2D eigenvalue weighted by Gasteiger charge is 2.30. The third kappa shape index (κ3) is 6.54. The normalized spacial score (nSPS) is 22.3. The highest BCUT2D eigenvalue weighted by atomic mass is 35.7. The minimum atomic E-state index is -3.43. The highest BCUT2D eigenvalue weighted by Crippen LogP contribution is 2.55. The van der Waals surface area contributed by atoms with Crippen molar-refractivity contribution in [1.29, 1.82) is 0 Å². The molecule has 0 aromatic carbocycles. The SMILES string of the molecule is CCCCCCN(C)P(=O)(Cl)OC[C@@H]1CNC[C@H](n2cc(C)c(=O)[nH]c2=O)O1. The van der Waals surface area contributed by atoms with Gasteiger partial charge in [-0.05, 0) is 31.6 Å². The maximum Gasteiger partial charge on any atom is 0.362 e. The third-order valence-corrected chi connectivity index (χ3v) is 7.21. The van der Waals surface area contributed by atoms with Crippen molar-refractivity contribution in [3.05, 3.63) is 32.6 Å². The first kappa shape index (κ1) is 23.3. The Morgan fingerprint density at radius 3 is 2.82 bits per heavy atom. The molecule has 0 saturated carbocycles. The van der Waals surface area contributed by atoms with E-state index in [1.54, 1.807) is 18.6 Å². The van der Waals surface area contributed by atoms with Crippen LogP contribution in [0.5, 0.6) is 0 Å². The van der Waals surface area contributed by atoms with Gasteiger partial charge >= 0.3 is 12.6 Å². The number of ether oxygens (including phenoxy) is 1. The quantitative estimate of drug-likeness (QED) is 0.428. The van der Waals surface area contributed by atoms with E-state index in [1.807, 2.05) is 0 Å². The van der Waals surface area contributed by atoms with Crippen molar-refractivity contribution in [2.45, 2.75) is 51.9 Å². The molecule has 3 atom stereocenters. The summed E-state index contributed by atoms with van der Waals surface area (Å²) in [6.07, 6.45) is 4.65. The number of aromatic amines is 1. The molecule has 2 heterocycles. The Labute approximate surface area is 169 Å². The molecule has 28 heavy (non-hydrogen) atoms. The van der Waals surface area contributed by atoms with E-state index < -0.39 is 30.5 Å². The fourth-order valence-corrected chi connectivity index (χ4v) is 4.23. The highest BCUT2D eigenvalue weighted by molar-refractivity contribution is 7.83. The van der Waals surface area contributed by atoms with Crippen molar-refractivity contribution in [3.63, 3.8) is 0 Å². The lowest BCUT2D eigenvalue weighted by Gasteiger charge is -2.32. The maximum atomic E-state index is 12.6. The number of unbranched alkanes of at least 4 members (excludes halogenated alkanes) is 3. The second kappa shape index (κ2) is 10.7. The summed E-state index contributed by atoms with van der Waals surface area (Å²) in [5.74, 6) is 0. The molecule has 1 fully saturated rings. The molecule has 0 radical (unpaired) electrons. The monoisotopic (exact) mass is 436 g/mol. The second-order valence-electron chi connectivity index (χ2n) is 7.04. The minimum Gasteiger partial charge on any atom is -0.350 e. The van der Waals surface area contributed by atoms with Crippen molar-refractivity contribution < 1.29 is 13.8 Å². The van der Waals surface area contributed by atoms with Gasteiger partial charge in [0.15, 0.2) is 6.23 Å². The van der Waals surface area contributed by atoms with Crippen LogP contribution in [0.1, 0.15) is 44.4 Å². The predicted octanol–water partition coefficient (Wildman–Crippen LogP) is 2.21. The molecule has 9 nitrogen and oxygen atoms in total. The summed E-state index contributed by atoms with van der Waals surface area (Å²) in [6.45, 7) is 1.82. The van der Waals surface area contributed by atoms with Crippen LogP contribution < -0.4 is 16.6 Å². The Kier molecular flexibility index (Phi) is 8.92. The lowest BCUT2D eigenvalue weighted by Crippen LogP contribution is -2.47. The van der Waals surface area contributed by atoms with Gasteiger partial charge in [0.05, 0.1) is 12.7 Å². The summed E-state index contributed by atoms with van der Waals surface area (Å²) in [5.41, 5.74) is -0.551. The van der Waals surface area contributed by atoms with Gasteiger partial charge in [-0.1, -0.05) is 26.2 Å². The van der Waals surface area contributed by atoms with Crippen LogP contribution in [-0.2, 0) is 13.8 Å². The molecule has 2 rings (SSSR count). The molecule has 1 saturated heterocycles. The smallest absolute Gasteiger partial charge is 0.350 e. The number of aromatic nitrogens is 2. The Hall–Kier alpha value is -0.960. The Balaban J connectivity index is 1.91. The van der Waals surface area contributed by atoms with Gasteiger partial charge < -0.3 is 14.6 Å². The Morgan fingerprint density at radius 2 is 2.11 bits per heavy atom. The van der Waals surface area contributed by atoms with Gasteiger partial charge in [-0.15, -0.1) is 0 Å². The zero-order valence-electron chi connectivity index (χ0n) is 16.6. The first-order valence-corrected chi connectivity index (χ1v) is 12.1. The van der Waals surface area contributed by atoms with Gasteiger partial charge in [-0.3, -0.25) is 18.9 Å². The van der Waals surface area contributed by atoms with Gasteiger partial charge in [0.1, 0.15) is 0 Å². The minimum absolute atomic E-state index is 0.0284. The lowest BCUT2D eigenvalue weighted by molar-refractivity contribution is -0.0933. The number of rotatable bonds is 10. The lowest BCUT2D eigenvalue weighted by atomic mass is 10.2. The number of nitrogens with one attached hydrogen (secondary N) is 2. The van der Waals surface area contributed by atoms with Crippen molar-refractivity contribution in [2.75, 3.05) is 33.3 Å². The molecule has 0 spiro atoms. The average Bonchev–Trinajstić information content (AvgIpc) is 2.66. The van der Waals surface area contributed by atoms with Crippen LogP contribution in [0.2, 0.25) is 0 Å². The van der Waals surface area contributed by atoms with E-state index in [0.717, 1.165) is 25.7 Å². The topological polar surface area (TPSA) is 106 Å². The fraction of sp³-hybridized carbons (Fsp3) is 0.765. The molecule has 0 amide bonds. The first-order chi connectivity index (χ1) is 13.2. The molecular weight excluding hydrogens is 407 g/mol. The van der Waals surface area contributed by atoms with Crippen LogP contribution in [0.25, 0.3) is 0 Å². The molecule has 1 aliphatic heterocycles. The molecule has 0 bridgehead atoms. The predicted molar refractivity (Wildman–Crippen MR) is 109 cm³/mol. The zero-order chi connectivity index (χ0) is 20.7. The molecule has 160 valence electrons. The Morgan fingerprint density at radius 1 is 1.36 bits per heavy atom. The van der Waals surface area contributed by atoms with Crippen LogP contribution >= 0.6 is 18.1 Å². The Bertz CT molecular complexity index is 798. The molecule has 1 unspecified atom stereocenters. The summed E-state index contributed by atoms with van der Waals surface area (Å²) >= 11 is 6.12. The summed E-state index contributed by atoms with van der Waals surface area (Å²) in [5, 5.41) is 3.16. The van der Waals surface area contributed by atoms with Crippen LogP contribution in [0, 0.1) is 6.92 Å². The molecule has 11 heteroatoms. The third-order valence-electron chi connectivity index (χ3n) is 4.66. The summed E-state index contributed by atoms with van der Waals surface area (Å²) in [7, 11) is 1.69. The molecule has 1 aromatic heterocycles. The van der Waals surface area contributed by atoms with Crippen LogP contribution in [0.3, 0.4) is 0 Å². The number of H-pyrrole nitrogens is 1. The van der Waals surface area contributed by atoms with E-state index in [4.69, 9.17) is 20.5 Å². The van der Waals surface area contributed by atoms with E-state index in [2.05, 4.69) is 17.2 Å². The average molecular weight is 437 g/mol. The second-order valence-corrected chi connectivity index (χ2v) is 10.2. The number of hydrogen-bond donors (Lipinski definition) is 2. The number of aryl methyl sites for hydroxylation is 1. The number of hydrogen-bond acceptors (Lipinski definition) is 6. The van der Waals surface area contributed by atoms with Gasteiger partial charge in [0.2, 0.25) is 0 Å². The number of morpholine rings is 1. The molecule has 0 aliphatic carbocycles. The van der Waals surface area contributed by atoms with Gasteiger partial charge in [-0.25, -0.2) is 9.46 Å². The van der Waals surface area contributed by atoms with Crippen molar-refractivity contribution in [3.8, 4) is 0 Å². The van der Waals surface area contributed by atoms with Crippen LogP contribution in [0.15, 0.2) is 15.8 Å². The van der Waals surface area contributed by atoms with E-state index in [-0.39, 0.29) is 6.61 Å². The van der Waals surface area contributed by atoms with Crippen LogP contribution in [0.4, 0.5) is 0 Å². The summed E-state index contributed by atoms with van der Waals surface area (Å²) < 4.78 is 26.9. The molecule has 1 aromatic rings. The molecular formula is C17H30ClN4O5P. The number of nitrogens with zero attached hydrogens (tertiary/aromatic N) is 2. The fourth-order valence-electron chi connectivity index (χ4n) is 2.91. The van der Waals surface area contributed by atoms with Crippen molar-refractivity contribution >= 4 is 18.1 Å². The van der Waals surface area contributed by atoms with E-state index in [0.29, 0.717) is 25.2 Å². The van der Waals surface area contributed by atoms with Crippen molar-refractivity contribution in [1.82, 2.24) is 19.5 Å². The maximum absolute atomic E-state index is 12.6. The first-order valence-electron chi connectivity index (χ1n) is 9.58. The van der Waals surface area contributed by atoms with E-state index in [9.17, 15) is 14.2 Å². The van der Waals surface area contributed by atoms with E-state index in [1.165, 1.54) is 10.8 Å². The van der Waals surface area contributed by atoms with Gasteiger partial charge in [-0.2, -0.15) is 0 Å². The number of halogens is 1. The van der Waals surface area contributed by atoms with E-state index >= 15 is 0 Å².